The number of benzene rings is 2. The molecule has 0 spiro atoms. The van der Waals surface area contributed by atoms with Crippen molar-refractivity contribution in [3.8, 4) is 11.5 Å². The molecule has 0 unspecified atom stereocenters. The van der Waals surface area contributed by atoms with Crippen molar-refractivity contribution in [2.24, 2.45) is 4.99 Å². The third-order valence-electron chi connectivity index (χ3n) is 6.54. The average Bonchev–Trinajstić information content (AvgIpc) is 3.21. The molecule has 7 heteroatoms. The largest absolute Gasteiger partial charge is 0.493 e. The van der Waals surface area contributed by atoms with Gasteiger partial charge in [-0.05, 0) is 36.4 Å². The van der Waals surface area contributed by atoms with Crippen LogP contribution >= 0.6 is 0 Å². The maximum absolute atomic E-state index is 13.3. The minimum Gasteiger partial charge on any atom is -0.493 e. The Morgan fingerprint density at radius 2 is 1.66 bits per heavy atom. The first-order chi connectivity index (χ1) is 15.6. The first-order valence-electron chi connectivity index (χ1n) is 10.9. The van der Waals surface area contributed by atoms with E-state index in [1.165, 1.54) is 5.69 Å². The Labute approximate surface area is 188 Å². The highest BCUT2D eigenvalue weighted by atomic mass is 16.5. The van der Waals surface area contributed by atoms with Crippen molar-refractivity contribution in [3.05, 3.63) is 53.7 Å². The molecule has 0 bridgehead atoms. The van der Waals surface area contributed by atoms with Crippen molar-refractivity contribution in [1.82, 2.24) is 9.80 Å². The molecule has 1 fully saturated rings. The Bertz CT molecular complexity index is 1090. The second-order valence-corrected chi connectivity index (χ2v) is 8.48. The monoisotopic (exact) mass is 432 g/mol. The fourth-order valence-corrected chi connectivity index (χ4v) is 4.57. The molecule has 2 aromatic carbocycles. The minimum absolute atomic E-state index is 0.0764. The van der Waals surface area contributed by atoms with Crippen molar-refractivity contribution in [2.75, 3.05) is 52.3 Å². The number of ether oxygens (including phenoxy) is 2. The number of hydrogen-bond donors (Lipinski definition) is 0. The number of nitrogens with zero attached hydrogens (tertiary/aromatic N) is 4. The van der Waals surface area contributed by atoms with Gasteiger partial charge in [-0.3, -0.25) is 9.79 Å². The molecule has 0 radical (unpaired) electrons. The smallest absolute Gasteiger partial charge is 0.260 e. The molecule has 7 nitrogen and oxygen atoms in total. The van der Waals surface area contributed by atoms with Gasteiger partial charge in [0.1, 0.15) is 0 Å². The molecule has 1 atom stereocenters. The minimum atomic E-state index is -0.0980. The number of likely N-dealkylation sites (N-methyl/N-ethyl adjacent to an activating group) is 1. The van der Waals surface area contributed by atoms with E-state index in [9.17, 15) is 4.79 Å². The predicted octanol–water partition coefficient (Wildman–Crippen LogP) is 3.43. The molecular formula is C25H28N4O3. The molecule has 1 saturated heterocycles. The average molecular weight is 433 g/mol. The summed E-state index contributed by atoms with van der Waals surface area (Å²) in [6.07, 6.45) is 4.57. The second kappa shape index (κ2) is 8.31. The fraction of sp³-hybridized carbons (Fsp3) is 0.360. The highest BCUT2D eigenvalue weighted by Gasteiger charge is 2.33. The van der Waals surface area contributed by atoms with Crippen LogP contribution in [0.2, 0.25) is 0 Å². The van der Waals surface area contributed by atoms with Gasteiger partial charge in [0.2, 0.25) is 0 Å². The molecule has 0 N–H and O–H groups in total. The molecule has 5 rings (SSSR count). The third kappa shape index (κ3) is 3.62. The van der Waals surface area contributed by atoms with Crippen LogP contribution < -0.4 is 14.4 Å². The standard InChI is InChI=1S/C25H28N4O3/c1-27-8-10-28(11-9-27)19-6-4-17(5-7-19)18-12-20-15-26-22-14-24(32-3)23(31-2)13-21(22)25(30)29(20)16-18/h4-7,13-16,20H,8-12H2,1-3H3/t20-/m0/s1. The summed E-state index contributed by atoms with van der Waals surface area (Å²) in [6, 6.07) is 12.1. The number of aliphatic imine (C=N–C) groups is 1. The first kappa shape index (κ1) is 20.6. The van der Waals surface area contributed by atoms with E-state index in [2.05, 4.69) is 46.1 Å². The van der Waals surface area contributed by atoms with Gasteiger partial charge in [-0.25, -0.2) is 0 Å². The van der Waals surface area contributed by atoms with E-state index in [0.29, 0.717) is 22.7 Å². The summed E-state index contributed by atoms with van der Waals surface area (Å²) in [6.45, 7) is 4.27. The second-order valence-electron chi connectivity index (χ2n) is 8.48. The van der Waals surface area contributed by atoms with Crippen LogP contribution in [-0.4, -0.2) is 75.4 Å². The quantitative estimate of drug-likeness (QED) is 0.741. The molecule has 1 amide bonds. The van der Waals surface area contributed by atoms with Gasteiger partial charge in [0.15, 0.2) is 11.5 Å². The molecule has 0 aliphatic carbocycles. The third-order valence-corrected chi connectivity index (χ3v) is 6.54. The van der Waals surface area contributed by atoms with E-state index < -0.39 is 0 Å². The Morgan fingerprint density at radius 1 is 0.969 bits per heavy atom. The van der Waals surface area contributed by atoms with Gasteiger partial charge in [-0.2, -0.15) is 0 Å². The van der Waals surface area contributed by atoms with Crippen LogP contribution in [-0.2, 0) is 0 Å². The number of amides is 1. The number of carbonyl (C=O) groups excluding carboxylic acids is 1. The maximum Gasteiger partial charge on any atom is 0.260 e. The van der Waals surface area contributed by atoms with Crippen LogP contribution in [0.1, 0.15) is 22.3 Å². The molecule has 3 heterocycles. The van der Waals surface area contributed by atoms with Crippen LogP contribution in [0, 0.1) is 0 Å². The van der Waals surface area contributed by atoms with Crippen LogP contribution in [0.25, 0.3) is 5.57 Å². The molecule has 2 aromatic rings. The zero-order valence-corrected chi connectivity index (χ0v) is 18.7. The summed E-state index contributed by atoms with van der Waals surface area (Å²) in [5, 5.41) is 0. The van der Waals surface area contributed by atoms with Crippen molar-refractivity contribution in [1.29, 1.82) is 0 Å². The summed E-state index contributed by atoms with van der Waals surface area (Å²) >= 11 is 0. The van der Waals surface area contributed by atoms with E-state index in [-0.39, 0.29) is 11.9 Å². The molecular weight excluding hydrogens is 404 g/mol. The molecule has 0 saturated carbocycles. The van der Waals surface area contributed by atoms with Crippen molar-refractivity contribution in [2.45, 2.75) is 12.5 Å². The van der Waals surface area contributed by atoms with Gasteiger partial charge in [0, 0.05) is 56.8 Å². The van der Waals surface area contributed by atoms with Gasteiger partial charge >= 0.3 is 0 Å². The molecule has 3 aliphatic rings. The lowest BCUT2D eigenvalue weighted by Gasteiger charge is -2.34. The zero-order valence-electron chi connectivity index (χ0n) is 18.7. The number of carbonyl (C=O) groups is 1. The molecule has 3 aliphatic heterocycles. The summed E-state index contributed by atoms with van der Waals surface area (Å²) in [5.41, 5.74) is 4.66. The Kier molecular flexibility index (Phi) is 5.35. The summed E-state index contributed by atoms with van der Waals surface area (Å²) < 4.78 is 10.8. The first-order valence-corrected chi connectivity index (χ1v) is 10.9. The summed E-state index contributed by atoms with van der Waals surface area (Å²) in [7, 11) is 5.31. The van der Waals surface area contributed by atoms with Gasteiger partial charge in [-0.1, -0.05) is 12.1 Å². The maximum atomic E-state index is 13.3. The van der Waals surface area contributed by atoms with Gasteiger partial charge in [-0.15, -0.1) is 0 Å². The summed E-state index contributed by atoms with van der Waals surface area (Å²) in [5.74, 6) is 1.01. The number of rotatable bonds is 4. The van der Waals surface area contributed by atoms with Crippen LogP contribution in [0.15, 0.2) is 47.6 Å². The van der Waals surface area contributed by atoms with Gasteiger partial charge in [0.25, 0.3) is 5.91 Å². The Balaban J connectivity index is 1.39. The predicted molar refractivity (Wildman–Crippen MR) is 126 cm³/mol. The molecule has 0 aromatic heterocycles. The number of anilines is 1. The lowest BCUT2D eigenvalue weighted by molar-refractivity contribution is 0.0817. The lowest BCUT2D eigenvalue weighted by atomic mass is 10.0. The van der Waals surface area contributed by atoms with E-state index in [1.807, 2.05) is 12.4 Å². The zero-order chi connectivity index (χ0) is 22.2. The van der Waals surface area contributed by atoms with Crippen molar-refractivity contribution in [3.63, 3.8) is 0 Å². The SMILES string of the molecule is COc1cc2c(cc1OC)C(=O)N1C=C(c3ccc(N4CCN(C)CC4)cc3)C[C@H]1C=N2. The van der Waals surface area contributed by atoms with E-state index in [0.717, 1.165) is 43.7 Å². The molecule has 166 valence electrons. The Morgan fingerprint density at radius 3 is 2.34 bits per heavy atom. The number of piperazine rings is 1. The Hall–Kier alpha value is -3.32. The van der Waals surface area contributed by atoms with E-state index >= 15 is 0 Å². The number of fused-ring (bicyclic) bond motifs is 2. The van der Waals surface area contributed by atoms with Crippen LogP contribution in [0.3, 0.4) is 0 Å². The topological polar surface area (TPSA) is 57.6 Å². The van der Waals surface area contributed by atoms with Crippen LogP contribution in [0.4, 0.5) is 11.4 Å². The number of hydrogen-bond acceptors (Lipinski definition) is 6. The van der Waals surface area contributed by atoms with Crippen molar-refractivity contribution < 1.29 is 14.3 Å². The fourth-order valence-electron chi connectivity index (χ4n) is 4.57. The van der Waals surface area contributed by atoms with Gasteiger partial charge < -0.3 is 24.2 Å². The van der Waals surface area contributed by atoms with Crippen LogP contribution in [0.5, 0.6) is 11.5 Å². The normalized spacial score (nSPS) is 20.5. The summed E-state index contributed by atoms with van der Waals surface area (Å²) in [4.78, 5) is 24.5. The highest BCUT2D eigenvalue weighted by molar-refractivity contribution is 6.05. The number of methoxy groups -OCH3 is 2. The molecule has 32 heavy (non-hydrogen) atoms. The highest BCUT2D eigenvalue weighted by Crippen LogP contribution is 2.39. The van der Waals surface area contributed by atoms with Gasteiger partial charge in [0.05, 0.1) is 31.5 Å². The van der Waals surface area contributed by atoms with E-state index in [4.69, 9.17) is 9.47 Å². The lowest BCUT2D eigenvalue weighted by Crippen LogP contribution is -2.44. The van der Waals surface area contributed by atoms with E-state index in [1.54, 1.807) is 31.3 Å². The van der Waals surface area contributed by atoms with Crippen molar-refractivity contribution >= 4 is 29.1 Å².